The summed E-state index contributed by atoms with van der Waals surface area (Å²) in [6.45, 7) is 18.4. The van der Waals surface area contributed by atoms with E-state index in [1.807, 2.05) is 34.6 Å². The highest BCUT2D eigenvalue weighted by atomic mass is 16.4. The number of aliphatic carboxylic acids is 1. The van der Waals surface area contributed by atoms with Crippen LogP contribution in [-0.2, 0) is 38.4 Å². The van der Waals surface area contributed by atoms with Crippen molar-refractivity contribution in [1.82, 2.24) is 37.2 Å². The Hall–Kier alpha value is -4.24. The highest BCUT2D eigenvalue weighted by Crippen LogP contribution is 2.13. The second-order valence-electron chi connectivity index (χ2n) is 15.6. The highest BCUT2D eigenvalue weighted by Gasteiger charge is 2.36. The van der Waals surface area contributed by atoms with Crippen LogP contribution in [0.1, 0.15) is 134 Å². The minimum Gasteiger partial charge on any atom is -0.480 e. The van der Waals surface area contributed by atoms with Crippen LogP contribution >= 0.6 is 0 Å². The molecule has 0 saturated heterocycles. The van der Waals surface area contributed by atoms with E-state index in [9.17, 15) is 43.5 Å². The zero-order valence-corrected chi connectivity index (χ0v) is 34.4. The summed E-state index contributed by atoms with van der Waals surface area (Å²) >= 11 is 0. The number of carboxylic acid groups (broad SMARTS) is 1. The summed E-state index contributed by atoms with van der Waals surface area (Å²) in [5.41, 5.74) is -1.56. The molecule has 0 aromatic carbocycles. The molecule has 310 valence electrons. The van der Waals surface area contributed by atoms with Gasteiger partial charge in [0.05, 0.1) is 6.54 Å². The van der Waals surface area contributed by atoms with Gasteiger partial charge in [-0.25, -0.2) is 4.79 Å². The van der Waals surface area contributed by atoms with Crippen LogP contribution in [0.25, 0.3) is 0 Å². The number of carboxylic acids is 1. The van der Waals surface area contributed by atoms with E-state index in [4.69, 9.17) is 0 Å². The first-order valence-corrected chi connectivity index (χ1v) is 19.4. The van der Waals surface area contributed by atoms with E-state index < -0.39 is 77.2 Å². The molecule has 0 aromatic rings. The third-order valence-corrected chi connectivity index (χ3v) is 8.92. The van der Waals surface area contributed by atoms with Gasteiger partial charge in [-0.2, -0.15) is 0 Å². The van der Waals surface area contributed by atoms with Gasteiger partial charge in [0.2, 0.25) is 41.4 Å². The molecular weight excluding hydrogens is 698 g/mol. The van der Waals surface area contributed by atoms with Crippen LogP contribution in [0.4, 0.5) is 0 Å². The minimum atomic E-state index is -1.56. The molecule has 0 rings (SSSR count). The molecule has 0 saturated carbocycles. The molecule has 0 aliphatic carbocycles. The van der Waals surface area contributed by atoms with E-state index in [0.717, 1.165) is 32.1 Å². The summed E-state index contributed by atoms with van der Waals surface area (Å²) in [6, 6.07) is -5.46. The van der Waals surface area contributed by atoms with E-state index in [0.29, 0.717) is 12.8 Å². The summed E-state index contributed by atoms with van der Waals surface area (Å²) in [7, 11) is 0. The molecule has 0 aliphatic rings. The number of rotatable bonds is 26. The van der Waals surface area contributed by atoms with Gasteiger partial charge >= 0.3 is 5.97 Å². The molecule has 0 spiro atoms. The van der Waals surface area contributed by atoms with Gasteiger partial charge in [0.1, 0.15) is 35.7 Å². The van der Waals surface area contributed by atoms with Gasteiger partial charge in [0, 0.05) is 6.42 Å². The van der Waals surface area contributed by atoms with E-state index in [-0.39, 0.29) is 43.0 Å². The van der Waals surface area contributed by atoms with Crippen molar-refractivity contribution in [2.24, 2.45) is 17.8 Å². The largest absolute Gasteiger partial charge is 0.480 e. The number of hydrogen-bond acceptors (Lipinski definition) is 8. The van der Waals surface area contributed by atoms with E-state index in [1.165, 1.54) is 27.7 Å². The molecule has 0 aliphatic heterocycles. The van der Waals surface area contributed by atoms with Crippen molar-refractivity contribution in [3.05, 3.63) is 0 Å². The topological polar surface area (TPSA) is 241 Å². The summed E-state index contributed by atoms with van der Waals surface area (Å²) in [5.74, 6) is -5.78. The number of carbonyl (C=O) groups excluding carboxylic acids is 7. The number of nitrogens with one attached hydrogen (secondary N) is 7. The molecular formula is C38H69N7O9. The first-order valence-electron chi connectivity index (χ1n) is 19.4. The highest BCUT2D eigenvalue weighted by molar-refractivity contribution is 5.98. The lowest BCUT2D eigenvalue weighted by Crippen LogP contribution is -2.63. The molecule has 6 atom stereocenters. The molecule has 0 bridgehead atoms. The minimum absolute atomic E-state index is 0.00343. The van der Waals surface area contributed by atoms with E-state index in [2.05, 4.69) is 44.1 Å². The Bertz CT molecular complexity index is 1270. The van der Waals surface area contributed by atoms with Crippen molar-refractivity contribution in [3.8, 4) is 0 Å². The average molecular weight is 768 g/mol. The van der Waals surface area contributed by atoms with Crippen molar-refractivity contribution in [2.45, 2.75) is 170 Å². The molecule has 16 heteroatoms. The molecule has 16 nitrogen and oxygen atoms in total. The molecule has 8 N–H and O–H groups in total. The zero-order valence-electron chi connectivity index (χ0n) is 34.4. The van der Waals surface area contributed by atoms with Crippen LogP contribution in [-0.4, -0.2) is 94.7 Å². The van der Waals surface area contributed by atoms with E-state index in [1.54, 1.807) is 6.92 Å². The van der Waals surface area contributed by atoms with Crippen LogP contribution in [0, 0.1) is 17.8 Å². The fraction of sp³-hybridized carbons (Fsp3) is 0.789. The third-order valence-electron chi connectivity index (χ3n) is 8.92. The van der Waals surface area contributed by atoms with Crippen molar-refractivity contribution in [1.29, 1.82) is 0 Å². The standard InChI is InChI=1S/C38H69N7O9/c1-12-14-15-16-17-18-29(46)39-21-30(47)40-25(8)32(48)42-27(19-22(3)4)34(50)45-38(10,11)37(54)41-26(9)33(49)44-31(24(7)13-2)35(51)43-28(36(52)53)20-23(5)6/h22-28,31H,12-21H2,1-11H3,(H,39,46)(H,40,47)(H,41,54)(H,42,48)(H,43,51)(H,44,49)(H,45,50)(H,52,53)/t24-,25-,26-,27-,28-,31-/m0/s1. The fourth-order valence-electron chi connectivity index (χ4n) is 5.34. The van der Waals surface area contributed by atoms with Crippen molar-refractivity contribution in [3.63, 3.8) is 0 Å². The van der Waals surface area contributed by atoms with Crippen LogP contribution in [0.5, 0.6) is 0 Å². The number of carbonyl (C=O) groups is 8. The van der Waals surface area contributed by atoms with Gasteiger partial charge in [-0.3, -0.25) is 33.6 Å². The summed E-state index contributed by atoms with van der Waals surface area (Å²) in [4.78, 5) is 102. The quantitative estimate of drug-likeness (QED) is 0.0600. The van der Waals surface area contributed by atoms with E-state index >= 15 is 0 Å². The fourth-order valence-corrected chi connectivity index (χ4v) is 5.34. The van der Waals surface area contributed by atoms with Gasteiger partial charge in [-0.1, -0.05) is 80.6 Å². The summed E-state index contributed by atoms with van der Waals surface area (Å²) in [5, 5.41) is 27.6. The van der Waals surface area contributed by atoms with Crippen LogP contribution < -0.4 is 37.2 Å². The number of hydrogen-bond donors (Lipinski definition) is 8. The maximum atomic E-state index is 13.4. The zero-order chi connectivity index (χ0) is 41.8. The third kappa shape index (κ3) is 19.7. The molecule has 54 heavy (non-hydrogen) atoms. The summed E-state index contributed by atoms with van der Waals surface area (Å²) in [6.07, 6.45) is 6.15. The van der Waals surface area contributed by atoms with Gasteiger partial charge in [-0.15, -0.1) is 0 Å². The average Bonchev–Trinajstić information content (AvgIpc) is 3.07. The molecule has 0 radical (unpaired) electrons. The van der Waals surface area contributed by atoms with Crippen LogP contribution in [0.15, 0.2) is 0 Å². The lowest BCUT2D eigenvalue weighted by Gasteiger charge is -2.31. The Labute approximate surface area is 321 Å². The Balaban J connectivity index is 5.40. The Morgan fingerprint density at radius 1 is 0.593 bits per heavy atom. The second kappa shape index (κ2) is 25.0. The second-order valence-corrected chi connectivity index (χ2v) is 15.6. The predicted molar refractivity (Wildman–Crippen MR) is 206 cm³/mol. The van der Waals surface area contributed by atoms with Crippen molar-refractivity contribution >= 4 is 47.3 Å². The normalized spacial score (nSPS) is 14.8. The Kier molecular flexibility index (Phi) is 23.0. The lowest BCUT2D eigenvalue weighted by molar-refractivity contribution is -0.143. The first kappa shape index (κ1) is 49.8. The number of amides is 7. The molecule has 0 aromatic heterocycles. The molecule has 0 heterocycles. The van der Waals surface area contributed by atoms with Crippen molar-refractivity contribution < 1.29 is 43.5 Å². The SMILES string of the molecule is CCCCCCCC(=O)NCC(=O)N[C@@H](C)C(=O)N[C@@H](CC(C)C)C(=O)NC(C)(C)C(=O)N[C@@H](C)C(=O)N[C@H](C(=O)N[C@@H](CC(C)C)C(=O)O)[C@@H](C)CC. The van der Waals surface area contributed by atoms with Crippen molar-refractivity contribution in [2.75, 3.05) is 6.54 Å². The molecule has 0 unspecified atom stereocenters. The Morgan fingerprint density at radius 3 is 1.65 bits per heavy atom. The molecule has 0 fully saturated rings. The molecule has 7 amide bonds. The number of unbranched alkanes of at least 4 members (excludes halogenated alkanes) is 4. The monoisotopic (exact) mass is 768 g/mol. The first-order chi connectivity index (χ1) is 25.1. The van der Waals surface area contributed by atoms with Crippen LogP contribution in [0.2, 0.25) is 0 Å². The van der Waals surface area contributed by atoms with Gasteiger partial charge in [-0.05, 0) is 64.7 Å². The van der Waals surface area contributed by atoms with Gasteiger partial charge in [0.25, 0.3) is 0 Å². The lowest BCUT2D eigenvalue weighted by atomic mass is 9.96. The smallest absolute Gasteiger partial charge is 0.326 e. The van der Waals surface area contributed by atoms with Gasteiger partial charge < -0.3 is 42.3 Å². The predicted octanol–water partition coefficient (Wildman–Crippen LogP) is 2.04. The maximum Gasteiger partial charge on any atom is 0.326 e. The van der Waals surface area contributed by atoms with Gasteiger partial charge in [0.15, 0.2) is 0 Å². The maximum absolute atomic E-state index is 13.4. The summed E-state index contributed by atoms with van der Waals surface area (Å²) < 4.78 is 0. The van der Waals surface area contributed by atoms with Crippen LogP contribution in [0.3, 0.4) is 0 Å². The Morgan fingerprint density at radius 2 is 1.11 bits per heavy atom.